The zero-order chi connectivity index (χ0) is 20.0. The molecule has 0 radical (unpaired) electrons. The second-order valence-corrected chi connectivity index (χ2v) is 8.66. The molecule has 0 N–H and O–H groups in total. The Morgan fingerprint density at radius 3 is 2.61 bits per heavy atom. The molecule has 0 aliphatic heterocycles. The second kappa shape index (κ2) is 7.14. The first kappa shape index (κ1) is 18.8. The maximum absolute atomic E-state index is 12.8. The van der Waals surface area contributed by atoms with Gasteiger partial charge < -0.3 is 0 Å². The third-order valence-corrected chi connectivity index (χ3v) is 6.34. The molecule has 0 spiro atoms. The minimum absolute atomic E-state index is 0.0416. The minimum Gasteiger partial charge on any atom is -0.288 e. The molecule has 6 nitrogen and oxygen atoms in total. The van der Waals surface area contributed by atoms with E-state index < -0.39 is 0 Å². The van der Waals surface area contributed by atoms with Gasteiger partial charge in [0.1, 0.15) is 0 Å². The van der Waals surface area contributed by atoms with E-state index in [9.17, 15) is 4.79 Å². The van der Waals surface area contributed by atoms with E-state index in [-0.39, 0.29) is 5.56 Å². The van der Waals surface area contributed by atoms with Crippen LogP contribution >= 0.6 is 11.3 Å². The summed E-state index contributed by atoms with van der Waals surface area (Å²) in [6.45, 7) is 10.1. The Bertz CT molecular complexity index is 1220. The molecule has 4 aromatic rings. The van der Waals surface area contributed by atoms with E-state index in [1.54, 1.807) is 23.0 Å². The molecule has 3 aromatic heterocycles. The van der Waals surface area contributed by atoms with Gasteiger partial charge in [-0.1, -0.05) is 11.6 Å². The molecule has 0 fully saturated rings. The first-order valence-corrected chi connectivity index (χ1v) is 10.3. The smallest absolute Gasteiger partial charge is 0.262 e. The summed E-state index contributed by atoms with van der Waals surface area (Å²) in [6, 6.07) is 8.48. The summed E-state index contributed by atoms with van der Waals surface area (Å²) in [5, 5.41) is 11.6. The largest absolute Gasteiger partial charge is 0.288 e. The number of benzene rings is 1. The Hall–Kier alpha value is -2.51. The molecule has 0 amide bonds. The molecule has 4 rings (SSSR count). The molecule has 0 bridgehead atoms. The van der Waals surface area contributed by atoms with E-state index in [2.05, 4.69) is 47.3 Å². The van der Waals surface area contributed by atoms with Gasteiger partial charge in [-0.2, -0.15) is 0 Å². The Balaban J connectivity index is 1.83. The third-order valence-electron chi connectivity index (χ3n) is 5.33. The van der Waals surface area contributed by atoms with Crippen LogP contribution in [0.2, 0.25) is 0 Å². The minimum atomic E-state index is -0.0416. The molecule has 0 saturated carbocycles. The zero-order valence-electron chi connectivity index (χ0n) is 16.9. The monoisotopic (exact) mass is 395 g/mol. The number of hydrogen-bond acceptors (Lipinski definition) is 5. The highest BCUT2D eigenvalue weighted by atomic mass is 32.1. The summed E-state index contributed by atoms with van der Waals surface area (Å²) in [4.78, 5) is 16.5. The molecule has 146 valence electrons. The van der Waals surface area contributed by atoms with Gasteiger partial charge in [-0.3, -0.25) is 18.7 Å². The molecule has 28 heavy (non-hydrogen) atoms. The van der Waals surface area contributed by atoms with E-state index >= 15 is 0 Å². The van der Waals surface area contributed by atoms with Gasteiger partial charge in [-0.05, 0) is 56.8 Å². The van der Waals surface area contributed by atoms with Crippen LogP contribution in [0.4, 0.5) is 0 Å². The van der Waals surface area contributed by atoms with Crippen LogP contribution in [0, 0.1) is 13.8 Å². The van der Waals surface area contributed by atoms with E-state index in [0.29, 0.717) is 23.8 Å². The van der Waals surface area contributed by atoms with Crippen LogP contribution in [0.1, 0.15) is 35.7 Å². The van der Waals surface area contributed by atoms with Crippen molar-refractivity contribution in [1.29, 1.82) is 0 Å². The average molecular weight is 396 g/mol. The van der Waals surface area contributed by atoms with Crippen LogP contribution in [-0.2, 0) is 20.1 Å². The first-order chi connectivity index (χ1) is 13.4. The van der Waals surface area contributed by atoms with Gasteiger partial charge in [-0.25, -0.2) is 0 Å². The average Bonchev–Trinajstić information content (AvgIpc) is 3.26. The Labute approximate surface area is 168 Å². The van der Waals surface area contributed by atoms with Crippen molar-refractivity contribution in [1.82, 2.24) is 24.1 Å². The first-order valence-electron chi connectivity index (χ1n) is 9.47. The molecule has 0 saturated heterocycles. The fourth-order valence-electron chi connectivity index (χ4n) is 3.51. The lowest BCUT2D eigenvalue weighted by atomic mass is 10.1. The predicted octanol–water partition coefficient (Wildman–Crippen LogP) is 3.67. The van der Waals surface area contributed by atoms with Crippen molar-refractivity contribution in [2.75, 3.05) is 0 Å². The Morgan fingerprint density at radius 1 is 1.14 bits per heavy atom. The van der Waals surface area contributed by atoms with Crippen LogP contribution in [0.3, 0.4) is 0 Å². The molecule has 1 aromatic carbocycles. The lowest BCUT2D eigenvalue weighted by molar-refractivity contribution is 0.199. The van der Waals surface area contributed by atoms with Gasteiger partial charge >= 0.3 is 0 Å². The number of aryl methyl sites for hydroxylation is 3. The van der Waals surface area contributed by atoms with Crippen molar-refractivity contribution in [3.05, 3.63) is 61.8 Å². The van der Waals surface area contributed by atoms with Crippen LogP contribution in [0.5, 0.6) is 0 Å². The molecule has 0 aliphatic rings. The number of nitrogens with zero attached hydrogens (tertiary/aromatic N) is 5. The normalized spacial score (nSPS) is 12.1. The number of fused-ring (bicyclic) bond motifs is 3. The lowest BCUT2D eigenvalue weighted by Crippen LogP contribution is -2.31. The van der Waals surface area contributed by atoms with Gasteiger partial charge in [0.05, 0.1) is 17.4 Å². The SMILES string of the molecule is Cc1ccc2c(c1)c(=O)n(C)c1nnc(CN(Cc3sccc3C)C(C)C)n21. The molecule has 7 heteroatoms. The van der Waals surface area contributed by atoms with Gasteiger partial charge in [0.15, 0.2) is 5.82 Å². The molecular weight excluding hydrogens is 370 g/mol. The Kier molecular flexibility index (Phi) is 4.81. The topological polar surface area (TPSA) is 55.4 Å². The van der Waals surface area contributed by atoms with Crippen molar-refractivity contribution >= 4 is 28.0 Å². The predicted molar refractivity (Wildman–Crippen MR) is 114 cm³/mol. The molecular formula is C21H25N5OS. The summed E-state index contributed by atoms with van der Waals surface area (Å²) in [7, 11) is 1.76. The van der Waals surface area contributed by atoms with Crippen LogP contribution in [-0.4, -0.2) is 30.1 Å². The maximum atomic E-state index is 12.8. The van der Waals surface area contributed by atoms with Gasteiger partial charge in [-0.15, -0.1) is 21.5 Å². The summed E-state index contributed by atoms with van der Waals surface area (Å²) in [5.41, 5.74) is 3.21. The van der Waals surface area contributed by atoms with Crippen molar-refractivity contribution in [2.45, 2.75) is 46.8 Å². The van der Waals surface area contributed by atoms with Crippen LogP contribution in [0.25, 0.3) is 16.7 Å². The highest BCUT2D eigenvalue weighted by molar-refractivity contribution is 7.10. The fourth-order valence-corrected chi connectivity index (χ4v) is 4.45. The van der Waals surface area contributed by atoms with Gasteiger partial charge in [0, 0.05) is 24.5 Å². The van der Waals surface area contributed by atoms with Crippen LogP contribution in [0.15, 0.2) is 34.4 Å². The highest BCUT2D eigenvalue weighted by Gasteiger charge is 2.19. The van der Waals surface area contributed by atoms with Gasteiger partial charge in [0.2, 0.25) is 5.78 Å². The number of thiophene rings is 1. The van der Waals surface area contributed by atoms with Gasteiger partial charge in [0.25, 0.3) is 5.56 Å². The standard InChI is InChI=1S/C21H25N5OS/c1-13(2)25(11-18-15(4)8-9-28-18)12-19-22-23-21-24(5)20(27)16-10-14(3)6-7-17(16)26(19)21/h6-10,13H,11-12H2,1-5H3. The molecule has 0 atom stereocenters. The summed E-state index contributed by atoms with van der Waals surface area (Å²) >= 11 is 1.79. The van der Waals surface area contributed by atoms with E-state index in [0.717, 1.165) is 23.4 Å². The number of aromatic nitrogens is 4. The summed E-state index contributed by atoms with van der Waals surface area (Å²) in [5.74, 6) is 1.43. The van der Waals surface area contributed by atoms with Crippen LogP contribution < -0.4 is 5.56 Å². The zero-order valence-corrected chi connectivity index (χ0v) is 17.7. The quantitative estimate of drug-likeness (QED) is 0.517. The van der Waals surface area contributed by atoms with E-state index in [1.807, 2.05) is 29.5 Å². The summed E-state index contributed by atoms with van der Waals surface area (Å²) < 4.78 is 3.61. The van der Waals surface area contributed by atoms with Crippen molar-refractivity contribution in [3.63, 3.8) is 0 Å². The van der Waals surface area contributed by atoms with Crippen molar-refractivity contribution < 1.29 is 0 Å². The highest BCUT2D eigenvalue weighted by Crippen LogP contribution is 2.22. The second-order valence-electron chi connectivity index (χ2n) is 7.66. The lowest BCUT2D eigenvalue weighted by Gasteiger charge is -2.25. The maximum Gasteiger partial charge on any atom is 0.262 e. The van der Waals surface area contributed by atoms with E-state index in [4.69, 9.17) is 0 Å². The molecule has 0 aliphatic carbocycles. The van der Waals surface area contributed by atoms with Crippen molar-refractivity contribution in [2.24, 2.45) is 7.05 Å². The number of hydrogen-bond donors (Lipinski definition) is 0. The Morgan fingerprint density at radius 2 is 1.93 bits per heavy atom. The molecule has 0 unspecified atom stereocenters. The van der Waals surface area contributed by atoms with E-state index in [1.165, 1.54) is 10.4 Å². The number of rotatable bonds is 5. The fraction of sp³-hybridized carbons (Fsp3) is 0.381. The third kappa shape index (κ3) is 3.14. The molecule has 3 heterocycles. The summed E-state index contributed by atoms with van der Waals surface area (Å²) in [6.07, 6.45) is 0. The van der Waals surface area contributed by atoms with Crippen molar-refractivity contribution in [3.8, 4) is 0 Å².